The molecule has 0 atom stereocenters. The van der Waals surface area contributed by atoms with Crippen molar-refractivity contribution in [2.75, 3.05) is 0 Å². The number of hydrogen-bond acceptors (Lipinski definition) is 2. The van der Waals surface area contributed by atoms with Gasteiger partial charge in [-0.15, -0.1) is 11.3 Å². The van der Waals surface area contributed by atoms with Gasteiger partial charge in [0, 0.05) is 36.5 Å². The van der Waals surface area contributed by atoms with E-state index >= 15 is 0 Å². The number of aromatic nitrogens is 1. The SMILES string of the molecule is Cc1cc(C)c2sc3c(-c4ccc(-c5ccc6c7ccccc7c7ccccc7c6n5)cc4)cc(C)cc3c2c1. The molecular weight excluding hydrogens is 502 g/mol. The minimum absolute atomic E-state index is 1.00. The average molecular weight is 530 g/mol. The quantitative estimate of drug-likeness (QED) is 0.203. The van der Waals surface area contributed by atoms with Crippen LogP contribution in [0.5, 0.6) is 0 Å². The van der Waals surface area contributed by atoms with E-state index in [1.165, 1.54) is 74.9 Å². The first-order valence-electron chi connectivity index (χ1n) is 13.8. The summed E-state index contributed by atoms with van der Waals surface area (Å²) in [5.74, 6) is 0. The third kappa shape index (κ3) is 3.50. The number of nitrogens with zero attached hydrogens (tertiary/aromatic N) is 1. The summed E-state index contributed by atoms with van der Waals surface area (Å²) in [5, 5.41) is 8.92. The Labute approximate surface area is 237 Å². The summed E-state index contributed by atoms with van der Waals surface area (Å²) in [7, 11) is 0. The minimum atomic E-state index is 1.00. The molecule has 40 heavy (non-hydrogen) atoms. The Bertz CT molecular complexity index is 2250. The van der Waals surface area contributed by atoms with Gasteiger partial charge in [-0.1, -0.05) is 84.4 Å². The molecule has 1 nitrogen and oxygen atoms in total. The number of benzene rings is 6. The fourth-order valence-corrected chi connectivity index (χ4v) is 7.70. The van der Waals surface area contributed by atoms with Crippen molar-refractivity contribution in [2.24, 2.45) is 0 Å². The largest absolute Gasteiger partial charge is 0.247 e. The van der Waals surface area contributed by atoms with Crippen molar-refractivity contribution in [3.05, 3.63) is 126 Å². The van der Waals surface area contributed by atoms with Crippen LogP contribution >= 0.6 is 11.3 Å². The van der Waals surface area contributed by atoms with Crippen molar-refractivity contribution < 1.29 is 0 Å². The minimum Gasteiger partial charge on any atom is -0.247 e. The number of rotatable bonds is 2. The van der Waals surface area contributed by atoms with E-state index in [2.05, 4.69) is 130 Å². The molecule has 8 rings (SSSR count). The standard InChI is InChI=1S/C38H27NS/c1-22-18-24(3)37-33(20-22)34-21-23(2)19-32(38(34)40-37)25-12-14-26(15-13-25)35-17-16-31-29-10-5-4-8-27(29)28-9-6-7-11-30(28)36(31)39-35/h4-21H,1-3H3. The van der Waals surface area contributed by atoms with Crippen molar-refractivity contribution in [1.29, 1.82) is 0 Å². The molecule has 2 aromatic heterocycles. The fourth-order valence-electron chi connectivity index (χ4n) is 6.43. The molecule has 190 valence electrons. The molecule has 2 heteroatoms. The predicted octanol–water partition coefficient (Wildman–Crippen LogP) is 11.2. The summed E-state index contributed by atoms with van der Waals surface area (Å²) in [5.41, 5.74) is 9.72. The van der Waals surface area contributed by atoms with Crippen LogP contribution in [0.25, 0.3) is 75.0 Å². The Morgan fingerprint density at radius 1 is 0.475 bits per heavy atom. The smallest absolute Gasteiger partial charge is 0.0794 e. The number of pyridine rings is 1. The van der Waals surface area contributed by atoms with Gasteiger partial charge >= 0.3 is 0 Å². The van der Waals surface area contributed by atoms with E-state index in [0.29, 0.717) is 0 Å². The maximum absolute atomic E-state index is 5.24. The van der Waals surface area contributed by atoms with Gasteiger partial charge in [0.25, 0.3) is 0 Å². The molecule has 2 heterocycles. The lowest BCUT2D eigenvalue weighted by molar-refractivity contribution is 1.41. The zero-order chi connectivity index (χ0) is 27.0. The molecule has 0 saturated heterocycles. The lowest BCUT2D eigenvalue weighted by atomic mass is 9.96. The number of aryl methyl sites for hydroxylation is 3. The summed E-state index contributed by atoms with van der Waals surface area (Å²) in [6, 6.07) is 40.0. The molecule has 0 aliphatic carbocycles. The van der Waals surface area contributed by atoms with E-state index in [9.17, 15) is 0 Å². The second-order valence-electron chi connectivity index (χ2n) is 11.0. The molecule has 8 aromatic rings. The molecule has 0 amide bonds. The number of thiophene rings is 1. The highest BCUT2D eigenvalue weighted by atomic mass is 32.1. The molecular formula is C38H27NS. The molecule has 0 aliphatic rings. The first-order valence-corrected chi connectivity index (χ1v) is 14.6. The topological polar surface area (TPSA) is 12.9 Å². The third-order valence-corrected chi connectivity index (χ3v) is 9.61. The van der Waals surface area contributed by atoms with Crippen LogP contribution in [-0.2, 0) is 0 Å². The number of hydrogen-bond donors (Lipinski definition) is 0. The van der Waals surface area contributed by atoms with Crippen LogP contribution in [0.15, 0.2) is 109 Å². The highest BCUT2D eigenvalue weighted by molar-refractivity contribution is 7.26. The zero-order valence-corrected chi connectivity index (χ0v) is 23.6. The zero-order valence-electron chi connectivity index (χ0n) is 22.7. The maximum Gasteiger partial charge on any atom is 0.0794 e. The summed E-state index contributed by atoms with van der Waals surface area (Å²) < 4.78 is 2.76. The lowest BCUT2D eigenvalue weighted by Crippen LogP contribution is -1.89. The van der Waals surface area contributed by atoms with Crippen LogP contribution in [0.3, 0.4) is 0 Å². The van der Waals surface area contributed by atoms with E-state index in [1.54, 1.807) is 0 Å². The first-order chi connectivity index (χ1) is 19.5. The molecule has 0 unspecified atom stereocenters. The summed E-state index contributed by atoms with van der Waals surface area (Å²) in [4.78, 5) is 5.24. The Kier molecular flexibility index (Phi) is 5.11. The van der Waals surface area contributed by atoms with E-state index < -0.39 is 0 Å². The highest BCUT2D eigenvalue weighted by Gasteiger charge is 2.15. The van der Waals surface area contributed by atoms with Gasteiger partial charge in [0.15, 0.2) is 0 Å². The van der Waals surface area contributed by atoms with E-state index in [4.69, 9.17) is 4.98 Å². The molecule has 0 radical (unpaired) electrons. The van der Waals surface area contributed by atoms with Crippen LogP contribution < -0.4 is 0 Å². The summed E-state index contributed by atoms with van der Waals surface area (Å²) in [6.07, 6.45) is 0. The second kappa shape index (κ2) is 8.74. The normalized spacial score (nSPS) is 11.9. The lowest BCUT2D eigenvalue weighted by Gasteiger charge is -2.11. The molecule has 0 N–H and O–H groups in total. The molecule has 0 spiro atoms. The summed E-state index contributed by atoms with van der Waals surface area (Å²) in [6.45, 7) is 6.63. The molecule has 0 bridgehead atoms. The number of fused-ring (bicyclic) bond motifs is 9. The molecule has 0 saturated carbocycles. The Hall–Kier alpha value is -4.53. The van der Waals surface area contributed by atoms with Crippen molar-refractivity contribution >= 4 is 64.0 Å². The summed E-state index contributed by atoms with van der Waals surface area (Å²) >= 11 is 1.92. The van der Waals surface area contributed by atoms with E-state index in [-0.39, 0.29) is 0 Å². The van der Waals surface area contributed by atoms with Gasteiger partial charge in [-0.05, 0) is 89.5 Å². The Morgan fingerprint density at radius 3 is 1.73 bits per heavy atom. The van der Waals surface area contributed by atoms with Gasteiger partial charge in [-0.3, -0.25) is 0 Å². The van der Waals surface area contributed by atoms with Gasteiger partial charge in [0.2, 0.25) is 0 Å². The molecule has 0 fully saturated rings. The van der Waals surface area contributed by atoms with Gasteiger partial charge in [-0.25, -0.2) is 4.98 Å². The van der Waals surface area contributed by atoms with Crippen molar-refractivity contribution in [3.8, 4) is 22.4 Å². The van der Waals surface area contributed by atoms with E-state index in [0.717, 1.165) is 16.8 Å². The highest BCUT2D eigenvalue weighted by Crippen LogP contribution is 2.43. The second-order valence-corrected chi connectivity index (χ2v) is 12.0. The van der Waals surface area contributed by atoms with Gasteiger partial charge < -0.3 is 0 Å². The van der Waals surface area contributed by atoms with Crippen LogP contribution in [0.4, 0.5) is 0 Å². The third-order valence-electron chi connectivity index (χ3n) is 8.22. The molecule has 0 aliphatic heterocycles. The van der Waals surface area contributed by atoms with Crippen LogP contribution in [0.1, 0.15) is 16.7 Å². The average Bonchev–Trinajstić information content (AvgIpc) is 3.35. The van der Waals surface area contributed by atoms with Gasteiger partial charge in [-0.2, -0.15) is 0 Å². The van der Waals surface area contributed by atoms with Crippen LogP contribution in [0, 0.1) is 20.8 Å². The van der Waals surface area contributed by atoms with Crippen molar-refractivity contribution in [2.45, 2.75) is 20.8 Å². The fraction of sp³-hybridized carbons (Fsp3) is 0.0789. The van der Waals surface area contributed by atoms with Crippen LogP contribution in [-0.4, -0.2) is 4.98 Å². The Balaban J connectivity index is 1.28. The van der Waals surface area contributed by atoms with Crippen molar-refractivity contribution in [3.63, 3.8) is 0 Å². The first kappa shape index (κ1) is 23.4. The van der Waals surface area contributed by atoms with Gasteiger partial charge in [0.05, 0.1) is 11.2 Å². The predicted molar refractivity (Wildman–Crippen MR) is 175 cm³/mol. The maximum atomic E-state index is 5.24. The van der Waals surface area contributed by atoms with Crippen molar-refractivity contribution in [1.82, 2.24) is 4.98 Å². The molecule has 6 aromatic carbocycles. The Morgan fingerprint density at radius 2 is 1.02 bits per heavy atom. The monoisotopic (exact) mass is 529 g/mol. The van der Waals surface area contributed by atoms with E-state index in [1.807, 2.05) is 11.3 Å². The van der Waals surface area contributed by atoms with Gasteiger partial charge in [0.1, 0.15) is 0 Å². The van der Waals surface area contributed by atoms with Crippen LogP contribution in [0.2, 0.25) is 0 Å².